The quantitative estimate of drug-likeness (QED) is 0.620. The van der Waals surface area contributed by atoms with E-state index >= 15 is 0 Å². The SMILES string of the molecule is CC(=O)O[C@H]1CCc2c(ccc3c2CC[C@]2(C)[C@@H]([C@H](C)[C@H](O)CC(=O)C(C)C)CC[C@@H]32)C1. The molecule has 0 radical (unpaired) electrons. The van der Waals surface area contributed by atoms with Gasteiger partial charge in [0.1, 0.15) is 11.9 Å². The number of hydrogen-bond donors (Lipinski definition) is 1. The molecule has 6 atom stereocenters. The fourth-order valence-corrected chi connectivity index (χ4v) is 7.16. The Hall–Kier alpha value is -1.68. The predicted octanol–water partition coefficient (Wildman–Crippen LogP) is 5.17. The van der Waals surface area contributed by atoms with Crippen LogP contribution in [0.25, 0.3) is 0 Å². The second-order valence-electron chi connectivity index (χ2n) is 11.2. The summed E-state index contributed by atoms with van der Waals surface area (Å²) in [5, 5.41) is 10.9. The van der Waals surface area contributed by atoms with Gasteiger partial charge in [-0.3, -0.25) is 9.59 Å². The largest absolute Gasteiger partial charge is 0.462 e. The minimum atomic E-state index is -0.548. The third-order valence-corrected chi connectivity index (χ3v) is 9.06. The molecule has 4 heteroatoms. The average Bonchev–Trinajstić information content (AvgIpc) is 3.09. The molecule has 1 saturated carbocycles. The van der Waals surface area contributed by atoms with Crippen molar-refractivity contribution >= 4 is 11.8 Å². The normalized spacial score (nSPS) is 30.8. The minimum absolute atomic E-state index is 0.0126. The Morgan fingerprint density at radius 3 is 2.56 bits per heavy atom. The molecule has 1 N–H and O–H groups in total. The van der Waals surface area contributed by atoms with Gasteiger partial charge < -0.3 is 9.84 Å². The maximum absolute atomic E-state index is 12.2. The molecule has 0 aromatic heterocycles. The van der Waals surface area contributed by atoms with Crippen LogP contribution in [-0.2, 0) is 33.6 Å². The molecule has 0 aliphatic heterocycles. The molecule has 0 saturated heterocycles. The molecule has 3 aliphatic carbocycles. The molecule has 1 aromatic carbocycles. The Morgan fingerprint density at radius 1 is 1.12 bits per heavy atom. The van der Waals surface area contributed by atoms with Crippen LogP contribution in [0.1, 0.15) is 94.9 Å². The second-order valence-corrected chi connectivity index (χ2v) is 11.2. The van der Waals surface area contributed by atoms with Gasteiger partial charge in [0.05, 0.1) is 6.10 Å². The molecule has 0 unspecified atom stereocenters. The number of fused-ring (bicyclic) bond motifs is 5. The van der Waals surface area contributed by atoms with E-state index in [2.05, 4.69) is 26.0 Å². The number of Topliss-reactive ketones (excluding diaryl/α,β-unsaturated/α-hetero) is 1. The molecule has 3 aliphatic rings. The van der Waals surface area contributed by atoms with E-state index in [-0.39, 0.29) is 41.5 Å². The van der Waals surface area contributed by atoms with Crippen molar-refractivity contribution in [1.82, 2.24) is 0 Å². The van der Waals surface area contributed by atoms with Crippen molar-refractivity contribution in [1.29, 1.82) is 0 Å². The van der Waals surface area contributed by atoms with Crippen LogP contribution in [0.3, 0.4) is 0 Å². The van der Waals surface area contributed by atoms with Crippen molar-refractivity contribution in [3.8, 4) is 0 Å². The summed E-state index contributed by atoms with van der Waals surface area (Å²) in [5.74, 6) is 1.07. The highest BCUT2D eigenvalue weighted by Gasteiger charge is 2.52. The molecule has 0 bridgehead atoms. The second kappa shape index (κ2) is 8.93. The molecule has 176 valence electrons. The lowest BCUT2D eigenvalue weighted by Crippen LogP contribution is -2.40. The number of ketones is 1. The number of carbonyl (C=O) groups excluding carboxylic acids is 2. The zero-order valence-corrected chi connectivity index (χ0v) is 20.4. The van der Waals surface area contributed by atoms with Gasteiger partial charge >= 0.3 is 5.97 Å². The number of hydrogen-bond acceptors (Lipinski definition) is 4. The van der Waals surface area contributed by atoms with Gasteiger partial charge in [0.25, 0.3) is 0 Å². The summed E-state index contributed by atoms with van der Waals surface area (Å²) in [4.78, 5) is 23.6. The number of esters is 1. The van der Waals surface area contributed by atoms with E-state index in [1.54, 1.807) is 5.56 Å². The molecule has 0 spiro atoms. The van der Waals surface area contributed by atoms with Gasteiger partial charge in [0.15, 0.2) is 0 Å². The Morgan fingerprint density at radius 2 is 1.88 bits per heavy atom. The zero-order chi connectivity index (χ0) is 23.2. The van der Waals surface area contributed by atoms with E-state index in [9.17, 15) is 14.7 Å². The maximum atomic E-state index is 12.2. The minimum Gasteiger partial charge on any atom is -0.462 e. The lowest BCUT2D eigenvalue weighted by Gasteiger charge is -2.46. The van der Waals surface area contributed by atoms with E-state index in [0.29, 0.717) is 11.8 Å². The number of carbonyl (C=O) groups is 2. The van der Waals surface area contributed by atoms with Crippen LogP contribution in [0.2, 0.25) is 0 Å². The van der Waals surface area contributed by atoms with Crippen molar-refractivity contribution < 1.29 is 19.4 Å². The fourth-order valence-electron chi connectivity index (χ4n) is 7.16. The maximum Gasteiger partial charge on any atom is 0.302 e. The van der Waals surface area contributed by atoms with E-state index in [4.69, 9.17) is 4.74 Å². The van der Waals surface area contributed by atoms with E-state index in [1.807, 2.05) is 13.8 Å². The lowest BCUT2D eigenvalue weighted by molar-refractivity contribution is -0.146. The van der Waals surface area contributed by atoms with Crippen molar-refractivity contribution in [3.63, 3.8) is 0 Å². The van der Waals surface area contributed by atoms with Crippen molar-refractivity contribution in [2.75, 3.05) is 0 Å². The summed E-state index contributed by atoms with van der Waals surface area (Å²) >= 11 is 0. The van der Waals surface area contributed by atoms with Gasteiger partial charge in [-0.05, 0) is 83.9 Å². The smallest absolute Gasteiger partial charge is 0.302 e. The molecular formula is C28H40O4. The molecule has 4 rings (SSSR count). The third kappa shape index (κ3) is 4.16. The Labute approximate surface area is 193 Å². The standard InChI is InChI=1S/C28H40O4/c1-16(2)26(30)15-27(31)17(3)24-10-11-25-23-8-6-19-14-20(32-18(4)29)7-9-21(19)22(23)12-13-28(24,25)5/h6,8,16-17,20,24-25,27,31H,7,9-15H2,1-5H3/t17-,20-,24+,25-,27+,28+/m0/s1. The topological polar surface area (TPSA) is 63.6 Å². The summed E-state index contributed by atoms with van der Waals surface area (Å²) in [6.45, 7) is 9.92. The Bertz CT molecular complexity index is 888. The van der Waals surface area contributed by atoms with E-state index < -0.39 is 6.10 Å². The molecular weight excluding hydrogens is 400 g/mol. The van der Waals surface area contributed by atoms with Crippen LogP contribution in [0.4, 0.5) is 0 Å². The van der Waals surface area contributed by atoms with Gasteiger partial charge in [-0.2, -0.15) is 0 Å². The summed E-state index contributed by atoms with van der Waals surface area (Å²) < 4.78 is 5.50. The molecule has 32 heavy (non-hydrogen) atoms. The summed E-state index contributed by atoms with van der Waals surface area (Å²) in [6.07, 6.45) is 7.02. The Balaban J connectivity index is 1.54. The highest BCUT2D eigenvalue weighted by Crippen LogP contribution is 2.61. The van der Waals surface area contributed by atoms with Crippen LogP contribution in [0.5, 0.6) is 0 Å². The van der Waals surface area contributed by atoms with Crippen molar-refractivity contribution in [2.45, 2.75) is 104 Å². The first-order chi connectivity index (χ1) is 15.1. The first-order valence-electron chi connectivity index (χ1n) is 12.6. The molecule has 0 amide bonds. The highest BCUT2D eigenvalue weighted by molar-refractivity contribution is 5.80. The van der Waals surface area contributed by atoms with Crippen LogP contribution < -0.4 is 0 Å². The first kappa shape index (κ1) is 23.5. The van der Waals surface area contributed by atoms with Crippen molar-refractivity contribution in [2.24, 2.45) is 23.2 Å². The fraction of sp³-hybridized carbons (Fsp3) is 0.714. The predicted molar refractivity (Wildman–Crippen MR) is 126 cm³/mol. The number of aliphatic hydroxyl groups excluding tert-OH is 1. The van der Waals surface area contributed by atoms with Crippen LogP contribution in [-0.4, -0.2) is 29.1 Å². The van der Waals surface area contributed by atoms with Gasteiger partial charge in [0.2, 0.25) is 0 Å². The zero-order valence-electron chi connectivity index (χ0n) is 20.4. The summed E-state index contributed by atoms with van der Waals surface area (Å²) in [6, 6.07) is 4.63. The van der Waals surface area contributed by atoms with Gasteiger partial charge in [-0.25, -0.2) is 0 Å². The average molecular weight is 441 g/mol. The van der Waals surface area contributed by atoms with Crippen molar-refractivity contribution in [3.05, 3.63) is 34.4 Å². The first-order valence-corrected chi connectivity index (χ1v) is 12.6. The van der Waals surface area contributed by atoms with Gasteiger partial charge in [0, 0.05) is 25.7 Å². The molecule has 1 aromatic rings. The molecule has 4 nitrogen and oxygen atoms in total. The van der Waals surface area contributed by atoms with Gasteiger partial charge in [-0.15, -0.1) is 0 Å². The summed E-state index contributed by atoms with van der Waals surface area (Å²) in [5.41, 5.74) is 6.11. The van der Waals surface area contributed by atoms with E-state index in [1.165, 1.54) is 23.6 Å². The Kier molecular flexibility index (Phi) is 6.55. The third-order valence-electron chi connectivity index (χ3n) is 9.06. The van der Waals surface area contributed by atoms with Crippen LogP contribution >= 0.6 is 0 Å². The van der Waals surface area contributed by atoms with E-state index in [0.717, 1.165) is 44.9 Å². The summed E-state index contributed by atoms with van der Waals surface area (Å²) in [7, 11) is 0. The molecule has 0 heterocycles. The molecule has 1 fully saturated rings. The van der Waals surface area contributed by atoms with Crippen LogP contribution in [0.15, 0.2) is 12.1 Å². The lowest BCUT2D eigenvalue weighted by atomic mass is 9.59. The number of rotatable bonds is 6. The van der Waals surface area contributed by atoms with Gasteiger partial charge in [-0.1, -0.05) is 39.8 Å². The number of ether oxygens (including phenoxy) is 1. The monoisotopic (exact) mass is 440 g/mol. The highest BCUT2D eigenvalue weighted by atomic mass is 16.5. The number of aliphatic hydroxyl groups is 1. The van der Waals surface area contributed by atoms with Crippen LogP contribution in [0, 0.1) is 23.2 Å². The number of benzene rings is 1.